The molecule has 0 radical (unpaired) electrons. The Morgan fingerprint density at radius 3 is 2.76 bits per heavy atom. The smallest absolute Gasteiger partial charge is 0.252 e. The lowest BCUT2D eigenvalue weighted by molar-refractivity contribution is 0.0952. The fourth-order valence-electron chi connectivity index (χ4n) is 1.18. The average Bonchev–Trinajstić information content (AvgIpc) is 2.16. The molecule has 0 heterocycles. The molecule has 1 rings (SSSR count). The highest BCUT2D eigenvalue weighted by Crippen LogP contribution is 2.21. The van der Waals surface area contributed by atoms with Gasteiger partial charge >= 0.3 is 0 Å². The van der Waals surface area contributed by atoms with Crippen molar-refractivity contribution < 1.29 is 4.79 Å². The predicted octanol–water partition coefficient (Wildman–Crippen LogP) is 2.99. The van der Waals surface area contributed by atoms with Gasteiger partial charge in [0.1, 0.15) is 0 Å². The third-order valence-corrected chi connectivity index (χ3v) is 2.95. The van der Waals surface area contributed by atoms with Crippen LogP contribution in [0, 0.1) is 0 Å². The van der Waals surface area contributed by atoms with E-state index in [1.54, 1.807) is 18.2 Å². The summed E-state index contributed by atoms with van der Waals surface area (Å²) in [4.78, 5) is 11.7. The summed E-state index contributed by atoms with van der Waals surface area (Å²) < 4.78 is 0.693. The maximum Gasteiger partial charge on any atom is 0.252 e. The fourth-order valence-corrected chi connectivity index (χ4v) is 2.04. The van der Waals surface area contributed by atoms with Crippen molar-refractivity contribution in [3.63, 3.8) is 0 Å². The van der Waals surface area contributed by atoms with Crippen molar-refractivity contribution in [2.24, 2.45) is 5.73 Å². The molecule has 1 aromatic carbocycles. The quantitative estimate of drug-likeness (QED) is 0.884. The highest BCUT2D eigenvalue weighted by molar-refractivity contribution is 9.10. The summed E-state index contributed by atoms with van der Waals surface area (Å²) in [7, 11) is 0. The molecule has 3 N–H and O–H groups in total. The molecule has 1 atom stereocenters. The second-order valence-corrected chi connectivity index (χ2v) is 4.94. The van der Waals surface area contributed by atoms with E-state index in [4.69, 9.17) is 17.3 Å². The summed E-state index contributed by atoms with van der Waals surface area (Å²) >= 11 is 9.09. The molecule has 0 fully saturated rings. The van der Waals surface area contributed by atoms with Crippen LogP contribution in [0.3, 0.4) is 0 Å². The number of rotatable bonds is 4. The van der Waals surface area contributed by atoms with Gasteiger partial charge in [0, 0.05) is 22.1 Å². The largest absolute Gasteiger partial charge is 0.352 e. The number of amides is 1. The molecule has 6 heteroatoms. The highest BCUT2D eigenvalue weighted by Gasteiger charge is 2.09. The maximum absolute atomic E-state index is 11.7. The molecule has 0 spiro atoms. The first-order valence-corrected chi connectivity index (χ1v) is 6.16. The van der Waals surface area contributed by atoms with Crippen molar-refractivity contribution >= 4 is 45.8 Å². The topological polar surface area (TPSA) is 55.1 Å². The number of halogens is 3. The Kier molecular flexibility index (Phi) is 7.79. The van der Waals surface area contributed by atoms with E-state index in [0.29, 0.717) is 21.6 Å². The number of benzene rings is 1. The summed E-state index contributed by atoms with van der Waals surface area (Å²) in [5.41, 5.74) is 6.17. The van der Waals surface area contributed by atoms with Crippen LogP contribution in [0.25, 0.3) is 0 Å². The van der Waals surface area contributed by atoms with E-state index in [9.17, 15) is 4.79 Å². The summed E-state index contributed by atoms with van der Waals surface area (Å²) in [5.74, 6) is -0.121. The van der Waals surface area contributed by atoms with Gasteiger partial charge < -0.3 is 11.1 Å². The van der Waals surface area contributed by atoms with E-state index < -0.39 is 0 Å². The standard InChI is InChI=1S/C11H14BrClN2O.ClH/c1-7(14)4-5-15-11(16)9-3-2-8(13)6-10(9)12;/h2-3,6-7H,4-5,14H2,1H3,(H,15,16);1H. The van der Waals surface area contributed by atoms with Crippen molar-refractivity contribution in [2.45, 2.75) is 19.4 Å². The molecule has 0 bridgehead atoms. The molecule has 0 aliphatic carbocycles. The number of carbonyl (C=O) groups excluding carboxylic acids is 1. The van der Waals surface area contributed by atoms with Gasteiger partial charge in [-0.15, -0.1) is 12.4 Å². The van der Waals surface area contributed by atoms with Crippen LogP contribution in [-0.2, 0) is 0 Å². The fraction of sp³-hybridized carbons (Fsp3) is 0.364. The second-order valence-electron chi connectivity index (χ2n) is 3.65. The number of nitrogens with one attached hydrogen (secondary N) is 1. The van der Waals surface area contributed by atoms with Gasteiger partial charge in [-0.25, -0.2) is 0 Å². The van der Waals surface area contributed by atoms with Gasteiger partial charge in [0.05, 0.1) is 5.56 Å². The van der Waals surface area contributed by atoms with Crippen LogP contribution in [-0.4, -0.2) is 18.5 Å². The average molecular weight is 342 g/mol. The lowest BCUT2D eigenvalue weighted by Gasteiger charge is -2.08. The number of carbonyl (C=O) groups is 1. The predicted molar refractivity (Wildman–Crippen MR) is 77.0 cm³/mol. The molecular formula is C11H15BrCl2N2O. The SMILES string of the molecule is CC(N)CCNC(=O)c1ccc(Cl)cc1Br.Cl. The molecule has 0 aliphatic rings. The first-order chi connectivity index (χ1) is 7.50. The van der Waals surface area contributed by atoms with E-state index in [2.05, 4.69) is 21.2 Å². The third-order valence-electron chi connectivity index (χ3n) is 2.06. The minimum absolute atomic E-state index is 0. The summed E-state index contributed by atoms with van der Waals surface area (Å²) in [6.07, 6.45) is 0.761. The van der Waals surface area contributed by atoms with Crippen molar-refractivity contribution in [3.8, 4) is 0 Å². The molecule has 17 heavy (non-hydrogen) atoms. The molecular weight excluding hydrogens is 327 g/mol. The molecule has 1 unspecified atom stereocenters. The van der Waals surface area contributed by atoms with Gasteiger partial charge in [-0.3, -0.25) is 4.79 Å². The molecule has 0 aromatic heterocycles. The van der Waals surface area contributed by atoms with E-state index in [0.717, 1.165) is 6.42 Å². The van der Waals surface area contributed by atoms with Crippen LogP contribution in [0.4, 0.5) is 0 Å². The van der Waals surface area contributed by atoms with Crippen molar-refractivity contribution in [1.82, 2.24) is 5.32 Å². The Hall–Kier alpha value is -0.290. The molecule has 0 aliphatic heterocycles. The number of hydrogen-bond donors (Lipinski definition) is 2. The number of hydrogen-bond acceptors (Lipinski definition) is 2. The minimum atomic E-state index is -0.121. The zero-order valence-corrected chi connectivity index (χ0v) is 12.5. The minimum Gasteiger partial charge on any atom is -0.352 e. The van der Waals surface area contributed by atoms with E-state index in [-0.39, 0.29) is 24.4 Å². The zero-order chi connectivity index (χ0) is 12.1. The van der Waals surface area contributed by atoms with E-state index >= 15 is 0 Å². The summed E-state index contributed by atoms with van der Waals surface area (Å²) in [6, 6.07) is 5.16. The van der Waals surface area contributed by atoms with Crippen LogP contribution in [0.5, 0.6) is 0 Å². The Morgan fingerprint density at radius 1 is 1.59 bits per heavy atom. The van der Waals surface area contributed by atoms with E-state index in [1.807, 2.05) is 6.92 Å². The molecule has 0 saturated carbocycles. The zero-order valence-electron chi connectivity index (χ0n) is 9.37. The van der Waals surface area contributed by atoms with Gasteiger partial charge in [-0.1, -0.05) is 11.6 Å². The van der Waals surface area contributed by atoms with Crippen LogP contribution in [0.15, 0.2) is 22.7 Å². The lowest BCUT2D eigenvalue weighted by Crippen LogP contribution is -2.29. The van der Waals surface area contributed by atoms with Crippen LogP contribution >= 0.6 is 39.9 Å². The van der Waals surface area contributed by atoms with Gasteiger partial charge in [-0.05, 0) is 47.5 Å². The molecule has 0 saturated heterocycles. The van der Waals surface area contributed by atoms with Crippen molar-refractivity contribution in [2.75, 3.05) is 6.54 Å². The summed E-state index contributed by atoms with van der Waals surface area (Å²) in [6.45, 7) is 2.48. The van der Waals surface area contributed by atoms with Gasteiger partial charge in [0.2, 0.25) is 0 Å². The number of nitrogens with two attached hydrogens (primary N) is 1. The molecule has 1 aromatic rings. The van der Waals surface area contributed by atoms with Gasteiger partial charge in [-0.2, -0.15) is 0 Å². The Morgan fingerprint density at radius 2 is 2.24 bits per heavy atom. The first-order valence-electron chi connectivity index (χ1n) is 4.99. The van der Waals surface area contributed by atoms with E-state index in [1.165, 1.54) is 0 Å². The Balaban J connectivity index is 0.00000256. The van der Waals surface area contributed by atoms with Gasteiger partial charge in [0.25, 0.3) is 5.91 Å². The second kappa shape index (κ2) is 7.93. The lowest BCUT2D eigenvalue weighted by atomic mass is 10.2. The molecule has 3 nitrogen and oxygen atoms in total. The van der Waals surface area contributed by atoms with Gasteiger partial charge in [0.15, 0.2) is 0 Å². The molecule has 1 amide bonds. The normalized spacial score (nSPS) is 11.5. The van der Waals surface area contributed by atoms with Crippen molar-refractivity contribution in [3.05, 3.63) is 33.3 Å². The summed E-state index contributed by atoms with van der Waals surface area (Å²) in [5, 5.41) is 3.39. The molecule has 96 valence electrons. The first kappa shape index (κ1) is 16.7. The Labute approximate surface area is 121 Å². The third kappa shape index (κ3) is 5.73. The highest BCUT2D eigenvalue weighted by atomic mass is 79.9. The van der Waals surface area contributed by atoms with Crippen LogP contribution in [0.2, 0.25) is 5.02 Å². The van der Waals surface area contributed by atoms with Crippen LogP contribution in [0.1, 0.15) is 23.7 Å². The Bertz CT molecular complexity index is 386. The monoisotopic (exact) mass is 340 g/mol. The van der Waals surface area contributed by atoms with Crippen molar-refractivity contribution in [1.29, 1.82) is 0 Å². The van der Waals surface area contributed by atoms with Crippen LogP contribution < -0.4 is 11.1 Å². The maximum atomic E-state index is 11.7.